The van der Waals surface area contributed by atoms with E-state index in [2.05, 4.69) is 6.92 Å². The maximum Gasteiger partial charge on any atom is 0.126 e. The Morgan fingerprint density at radius 2 is 1.59 bits per heavy atom. The van der Waals surface area contributed by atoms with Crippen LogP contribution in [0.3, 0.4) is 0 Å². The predicted octanol–water partition coefficient (Wildman–Crippen LogP) is 3.79. The fourth-order valence-electron chi connectivity index (χ4n) is 2.68. The molecule has 0 aliphatic heterocycles. The minimum absolute atomic E-state index is 0.243. The predicted molar refractivity (Wildman–Crippen MR) is 64.4 cm³/mol. The molecule has 94 valence electrons. The summed E-state index contributed by atoms with van der Waals surface area (Å²) >= 11 is 0. The minimum Gasteiger partial charge on any atom is -0.324 e. The normalized spacial score (nSPS) is 26.8. The average Bonchev–Trinajstić information content (AvgIpc) is 2.28. The second-order valence-corrected chi connectivity index (χ2v) is 5.25. The number of benzene rings is 1. The van der Waals surface area contributed by atoms with Gasteiger partial charge in [-0.15, -0.1) is 0 Å². The van der Waals surface area contributed by atoms with Gasteiger partial charge in [-0.2, -0.15) is 0 Å². The fraction of sp³-hybridized carbons (Fsp3) is 0.571. The molecule has 1 unspecified atom stereocenters. The lowest BCUT2D eigenvalue weighted by atomic mass is 9.77. The Labute approximate surface area is 101 Å². The van der Waals surface area contributed by atoms with Crippen molar-refractivity contribution in [2.24, 2.45) is 17.6 Å². The van der Waals surface area contributed by atoms with E-state index in [1.54, 1.807) is 0 Å². The van der Waals surface area contributed by atoms with E-state index in [1.165, 1.54) is 12.1 Å². The maximum atomic E-state index is 13.1. The first-order valence-corrected chi connectivity index (χ1v) is 6.28. The largest absolute Gasteiger partial charge is 0.324 e. The lowest BCUT2D eigenvalue weighted by molar-refractivity contribution is 0.255. The fourth-order valence-corrected chi connectivity index (χ4v) is 2.68. The second kappa shape index (κ2) is 5.13. The van der Waals surface area contributed by atoms with Crippen molar-refractivity contribution in [2.75, 3.05) is 0 Å². The number of halogens is 2. The third-order valence-electron chi connectivity index (χ3n) is 3.84. The van der Waals surface area contributed by atoms with Gasteiger partial charge in [-0.3, -0.25) is 0 Å². The van der Waals surface area contributed by atoms with Gasteiger partial charge in [-0.1, -0.05) is 19.8 Å². The molecule has 0 radical (unpaired) electrons. The van der Waals surface area contributed by atoms with Crippen LogP contribution in [0.2, 0.25) is 0 Å². The smallest absolute Gasteiger partial charge is 0.126 e. The Morgan fingerprint density at radius 1 is 1.06 bits per heavy atom. The van der Waals surface area contributed by atoms with E-state index >= 15 is 0 Å². The van der Waals surface area contributed by atoms with Gasteiger partial charge in [0.25, 0.3) is 0 Å². The Hall–Kier alpha value is -0.960. The van der Waals surface area contributed by atoms with Gasteiger partial charge in [0.05, 0.1) is 0 Å². The van der Waals surface area contributed by atoms with Crippen LogP contribution < -0.4 is 5.73 Å². The van der Waals surface area contributed by atoms with Gasteiger partial charge in [-0.25, -0.2) is 8.78 Å². The first-order valence-electron chi connectivity index (χ1n) is 6.28. The summed E-state index contributed by atoms with van der Waals surface area (Å²) in [4.78, 5) is 0. The molecular weight excluding hydrogens is 220 g/mol. The van der Waals surface area contributed by atoms with Crippen LogP contribution in [-0.4, -0.2) is 0 Å². The lowest BCUT2D eigenvalue weighted by Gasteiger charge is -2.30. The van der Waals surface area contributed by atoms with Crippen LogP contribution >= 0.6 is 0 Å². The van der Waals surface area contributed by atoms with Gasteiger partial charge in [-0.05, 0) is 42.4 Å². The van der Waals surface area contributed by atoms with Crippen molar-refractivity contribution in [2.45, 2.75) is 38.6 Å². The summed E-state index contributed by atoms with van der Waals surface area (Å²) in [6.45, 7) is 2.24. The molecule has 17 heavy (non-hydrogen) atoms. The highest BCUT2D eigenvalue weighted by Crippen LogP contribution is 2.35. The second-order valence-electron chi connectivity index (χ2n) is 5.25. The monoisotopic (exact) mass is 239 g/mol. The quantitative estimate of drug-likeness (QED) is 0.834. The first kappa shape index (κ1) is 12.5. The molecule has 0 heterocycles. The van der Waals surface area contributed by atoms with Crippen molar-refractivity contribution < 1.29 is 8.78 Å². The van der Waals surface area contributed by atoms with Crippen molar-refractivity contribution in [3.63, 3.8) is 0 Å². The van der Waals surface area contributed by atoms with Gasteiger partial charge in [0, 0.05) is 12.1 Å². The molecule has 0 saturated heterocycles. The van der Waals surface area contributed by atoms with Crippen LogP contribution in [0.1, 0.15) is 44.2 Å². The molecule has 3 heteroatoms. The van der Waals surface area contributed by atoms with Gasteiger partial charge in [0.1, 0.15) is 11.6 Å². The van der Waals surface area contributed by atoms with Crippen LogP contribution in [0.5, 0.6) is 0 Å². The molecule has 1 fully saturated rings. The Morgan fingerprint density at radius 3 is 2.12 bits per heavy atom. The molecular formula is C14H19F2N. The highest BCUT2D eigenvalue weighted by Gasteiger charge is 2.25. The van der Waals surface area contributed by atoms with Crippen molar-refractivity contribution in [1.82, 2.24) is 0 Å². The van der Waals surface area contributed by atoms with E-state index in [9.17, 15) is 8.78 Å². The summed E-state index contributed by atoms with van der Waals surface area (Å²) in [6, 6.07) is 3.35. The summed E-state index contributed by atoms with van der Waals surface area (Å²) in [5.74, 6) is 0.0225. The molecule has 1 saturated carbocycles. The molecule has 1 aliphatic rings. The number of hydrogen-bond donors (Lipinski definition) is 1. The molecule has 1 nitrogen and oxygen atoms in total. The Kier molecular flexibility index (Phi) is 3.77. The Bertz CT molecular complexity index is 364. The van der Waals surface area contributed by atoms with Gasteiger partial charge >= 0.3 is 0 Å². The van der Waals surface area contributed by atoms with Crippen LogP contribution in [0, 0.1) is 23.5 Å². The summed E-state index contributed by atoms with van der Waals surface area (Å²) in [5.41, 5.74) is 6.70. The highest BCUT2D eigenvalue weighted by atomic mass is 19.1. The average molecular weight is 239 g/mol. The molecule has 0 spiro atoms. The molecule has 0 bridgehead atoms. The summed E-state index contributed by atoms with van der Waals surface area (Å²) in [5, 5.41) is 0. The topological polar surface area (TPSA) is 26.0 Å². The van der Waals surface area contributed by atoms with Gasteiger partial charge in [0.15, 0.2) is 0 Å². The third kappa shape index (κ3) is 3.03. The van der Waals surface area contributed by atoms with E-state index in [0.717, 1.165) is 37.7 Å². The van der Waals surface area contributed by atoms with Crippen molar-refractivity contribution in [1.29, 1.82) is 0 Å². The molecule has 0 aromatic heterocycles. The minimum atomic E-state index is -0.542. The number of nitrogens with two attached hydrogens (primary N) is 1. The summed E-state index contributed by atoms with van der Waals surface area (Å²) in [7, 11) is 0. The number of rotatable bonds is 2. The molecule has 1 aliphatic carbocycles. The SMILES string of the molecule is CC1CCC(C(N)c2cc(F)cc(F)c2)CC1. The molecule has 2 N–H and O–H groups in total. The van der Waals surface area contributed by atoms with E-state index in [0.29, 0.717) is 11.5 Å². The van der Waals surface area contributed by atoms with Crippen LogP contribution in [0.15, 0.2) is 18.2 Å². The zero-order valence-electron chi connectivity index (χ0n) is 10.1. The van der Waals surface area contributed by atoms with Crippen molar-refractivity contribution in [3.05, 3.63) is 35.4 Å². The van der Waals surface area contributed by atoms with Crippen molar-refractivity contribution >= 4 is 0 Å². The molecule has 1 atom stereocenters. The van der Waals surface area contributed by atoms with Crippen molar-refractivity contribution in [3.8, 4) is 0 Å². The number of hydrogen-bond acceptors (Lipinski definition) is 1. The van der Waals surface area contributed by atoms with Crippen LogP contribution in [0.4, 0.5) is 8.78 Å². The first-order chi connectivity index (χ1) is 8.06. The van der Waals surface area contributed by atoms with E-state index in [1.807, 2.05) is 0 Å². The van der Waals surface area contributed by atoms with E-state index in [-0.39, 0.29) is 6.04 Å². The summed E-state index contributed by atoms with van der Waals surface area (Å²) < 4.78 is 26.2. The van der Waals surface area contributed by atoms with E-state index < -0.39 is 11.6 Å². The zero-order valence-corrected chi connectivity index (χ0v) is 10.1. The Balaban J connectivity index is 2.10. The van der Waals surface area contributed by atoms with Gasteiger partial charge < -0.3 is 5.73 Å². The highest BCUT2D eigenvalue weighted by molar-refractivity contribution is 5.21. The van der Waals surface area contributed by atoms with E-state index in [4.69, 9.17) is 5.73 Å². The molecule has 2 rings (SSSR count). The zero-order chi connectivity index (χ0) is 12.4. The maximum absolute atomic E-state index is 13.1. The van der Waals surface area contributed by atoms with Crippen LogP contribution in [0.25, 0.3) is 0 Å². The molecule has 0 amide bonds. The van der Waals surface area contributed by atoms with Gasteiger partial charge in [0.2, 0.25) is 0 Å². The summed E-state index contributed by atoms with van der Waals surface area (Å²) in [6.07, 6.45) is 4.44. The standard InChI is InChI=1S/C14H19F2N/c1-9-2-4-10(5-3-9)14(17)11-6-12(15)8-13(16)7-11/h6-10,14H,2-5,17H2,1H3. The van der Waals surface area contributed by atoms with Crippen LogP contribution in [-0.2, 0) is 0 Å². The third-order valence-corrected chi connectivity index (χ3v) is 3.84. The molecule has 1 aromatic rings. The lowest BCUT2D eigenvalue weighted by Crippen LogP contribution is -2.25. The molecule has 1 aromatic carbocycles.